The van der Waals surface area contributed by atoms with Gasteiger partial charge in [-0.1, -0.05) is 6.07 Å². The van der Waals surface area contributed by atoms with Gasteiger partial charge in [0.05, 0.1) is 36.0 Å². The summed E-state index contributed by atoms with van der Waals surface area (Å²) in [5.74, 6) is -0.0316. The van der Waals surface area contributed by atoms with Crippen LogP contribution in [0.1, 0.15) is 42.9 Å². The highest BCUT2D eigenvalue weighted by atomic mass is 16.1. The Morgan fingerprint density at radius 3 is 3.04 bits per heavy atom. The molecule has 0 saturated carbocycles. The molecule has 23 heavy (non-hydrogen) atoms. The minimum atomic E-state index is -0.0316. The Balaban J connectivity index is 1.73. The zero-order valence-corrected chi connectivity index (χ0v) is 13.7. The number of nitrogens with zero attached hydrogens (tertiary/aromatic N) is 4. The molecule has 0 aromatic carbocycles. The van der Waals surface area contributed by atoms with Crippen LogP contribution in [0.4, 0.5) is 0 Å². The first-order valence-electron chi connectivity index (χ1n) is 8.03. The minimum absolute atomic E-state index is 0.0316. The van der Waals surface area contributed by atoms with E-state index in [4.69, 9.17) is 4.98 Å². The van der Waals surface area contributed by atoms with Crippen molar-refractivity contribution in [1.82, 2.24) is 24.8 Å². The van der Waals surface area contributed by atoms with Gasteiger partial charge >= 0.3 is 0 Å². The van der Waals surface area contributed by atoms with E-state index in [1.165, 1.54) is 19.0 Å². The molecule has 1 atom stereocenters. The number of imidazole rings is 1. The molecule has 1 aliphatic heterocycles. The SMILES string of the molecule is CC(=O)NCc1cccc([C@@H]2CCCN2Cc2cncn2C)n1. The predicted octanol–water partition coefficient (Wildman–Crippen LogP) is 1.79. The maximum absolute atomic E-state index is 11.1. The van der Waals surface area contributed by atoms with Crippen molar-refractivity contribution in [1.29, 1.82) is 0 Å². The first kappa shape index (κ1) is 15.7. The van der Waals surface area contributed by atoms with Crippen LogP contribution in [0.5, 0.6) is 0 Å². The molecule has 1 fully saturated rings. The minimum Gasteiger partial charge on any atom is -0.351 e. The van der Waals surface area contributed by atoms with Crippen LogP contribution in [0.25, 0.3) is 0 Å². The Labute approximate surface area is 136 Å². The second-order valence-corrected chi connectivity index (χ2v) is 6.09. The molecule has 1 N–H and O–H groups in total. The average molecular weight is 313 g/mol. The van der Waals surface area contributed by atoms with E-state index in [1.807, 2.05) is 31.7 Å². The second-order valence-electron chi connectivity index (χ2n) is 6.09. The molecule has 0 aliphatic carbocycles. The van der Waals surface area contributed by atoms with Crippen LogP contribution < -0.4 is 5.32 Å². The van der Waals surface area contributed by atoms with E-state index in [2.05, 4.69) is 25.8 Å². The van der Waals surface area contributed by atoms with Crippen molar-refractivity contribution in [2.75, 3.05) is 6.54 Å². The molecule has 2 aromatic rings. The van der Waals surface area contributed by atoms with Gasteiger partial charge in [-0.2, -0.15) is 0 Å². The van der Waals surface area contributed by atoms with Crippen LogP contribution in [0.3, 0.4) is 0 Å². The molecular weight excluding hydrogens is 290 g/mol. The molecule has 0 radical (unpaired) electrons. The third-order valence-corrected chi connectivity index (χ3v) is 4.33. The van der Waals surface area contributed by atoms with Crippen LogP contribution in [0.15, 0.2) is 30.7 Å². The largest absolute Gasteiger partial charge is 0.351 e. The first-order valence-corrected chi connectivity index (χ1v) is 8.03. The lowest BCUT2D eigenvalue weighted by atomic mass is 10.1. The van der Waals surface area contributed by atoms with Gasteiger partial charge in [0, 0.05) is 26.7 Å². The molecule has 6 nitrogen and oxygen atoms in total. The maximum Gasteiger partial charge on any atom is 0.217 e. The highest BCUT2D eigenvalue weighted by Crippen LogP contribution is 2.32. The summed E-state index contributed by atoms with van der Waals surface area (Å²) >= 11 is 0. The molecule has 3 heterocycles. The fraction of sp³-hybridized carbons (Fsp3) is 0.471. The van der Waals surface area contributed by atoms with Crippen LogP contribution in [-0.2, 0) is 24.9 Å². The van der Waals surface area contributed by atoms with E-state index < -0.39 is 0 Å². The van der Waals surface area contributed by atoms with Gasteiger partial charge in [0.2, 0.25) is 5.91 Å². The number of carbonyl (C=O) groups excluding carboxylic acids is 1. The third-order valence-electron chi connectivity index (χ3n) is 4.33. The number of aryl methyl sites for hydroxylation is 1. The molecule has 6 heteroatoms. The van der Waals surface area contributed by atoms with E-state index >= 15 is 0 Å². The monoisotopic (exact) mass is 313 g/mol. The van der Waals surface area contributed by atoms with E-state index in [9.17, 15) is 4.79 Å². The molecule has 2 aromatic heterocycles. The lowest BCUT2D eigenvalue weighted by Gasteiger charge is -2.24. The summed E-state index contributed by atoms with van der Waals surface area (Å²) in [6, 6.07) is 6.41. The summed E-state index contributed by atoms with van der Waals surface area (Å²) in [6.07, 6.45) is 6.07. The van der Waals surface area contributed by atoms with Crippen molar-refractivity contribution in [2.24, 2.45) is 7.05 Å². The molecule has 1 saturated heterocycles. The Bertz CT molecular complexity index is 681. The second kappa shape index (κ2) is 6.91. The summed E-state index contributed by atoms with van der Waals surface area (Å²) in [7, 11) is 2.03. The molecule has 0 spiro atoms. The normalized spacial score (nSPS) is 18.3. The zero-order valence-electron chi connectivity index (χ0n) is 13.7. The fourth-order valence-electron chi connectivity index (χ4n) is 3.09. The maximum atomic E-state index is 11.1. The summed E-state index contributed by atoms with van der Waals surface area (Å²) < 4.78 is 2.07. The van der Waals surface area contributed by atoms with Gasteiger partial charge in [0.1, 0.15) is 0 Å². The van der Waals surface area contributed by atoms with E-state index in [-0.39, 0.29) is 5.91 Å². The lowest BCUT2D eigenvalue weighted by molar-refractivity contribution is -0.119. The Kier molecular flexibility index (Phi) is 4.71. The van der Waals surface area contributed by atoms with Gasteiger partial charge < -0.3 is 9.88 Å². The Morgan fingerprint density at radius 2 is 2.30 bits per heavy atom. The Hall–Kier alpha value is -2.21. The number of hydrogen-bond acceptors (Lipinski definition) is 4. The summed E-state index contributed by atoms with van der Waals surface area (Å²) in [4.78, 5) is 22.5. The molecule has 3 rings (SSSR count). The Morgan fingerprint density at radius 1 is 1.43 bits per heavy atom. The smallest absolute Gasteiger partial charge is 0.217 e. The summed E-state index contributed by atoms with van der Waals surface area (Å²) in [5, 5.41) is 2.81. The van der Waals surface area contributed by atoms with Crippen LogP contribution >= 0.6 is 0 Å². The van der Waals surface area contributed by atoms with Crippen molar-refractivity contribution in [3.05, 3.63) is 47.8 Å². The molecule has 0 bridgehead atoms. The number of nitrogens with one attached hydrogen (secondary N) is 1. The van der Waals surface area contributed by atoms with Crippen molar-refractivity contribution < 1.29 is 4.79 Å². The molecular formula is C17H23N5O. The van der Waals surface area contributed by atoms with Crippen molar-refractivity contribution in [3.8, 4) is 0 Å². The van der Waals surface area contributed by atoms with Gasteiger partial charge in [-0.25, -0.2) is 4.98 Å². The zero-order chi connectivity index (χ0) is 16.2. The van der Waals surface area contributed by atoms with Gasteiger partial charge in [-0.3, -0.25) is 14.7 Å². The molecule has 1 aliphatic rings. The number of likely N-dealkylation sites (tertiary alicyclic amines) is 1. The van der Waals surface area contributed by atoms with Crippen molar-refractivity contribution >= 4 is 5.91 Å². The van der Waals surface area contributed by atoms with Crippen LogP contribution in [-0.4, -0.2) is 31.9 Å². The highest BCUT2D eigenvalue weighted by Gasteiger charge is 2.27. The quantitative estimate of drug-likeness (QED) is 0.914. The topological polar surface area (TPSA) is 63.1 Å². The van der Waals surface area contributed by atoms with E-state index in [0.717, 1.165) is 30.9 Å². The summed E-state index contributed by atoms with van der Waals surface area (Å²) in [5.41, 5.74) is 3.21. The predicted molar refractivity (Wildman–Crippen MR) is 87.4 cm³/mol. The van der Waals surface area contributed by atoms with E-state index in [0.29, 0.717) is 12.6 Å². The van der Waals surface area contributed by atoms with Crippen LogP contribution in [0.2, 0.25) is 0 Å². The number of amides is 1. The van der Waals surface area contributed by atoms with E-state index in [1.54, 1.807) is 0 Å². The van der Waals surface area contributed by atoms with Crippen molar-refractivity contribution in [2.45, 2.75) is 38.9 Å². The van der Waals surface area contributed by atoms with Crippen molar-refractivity contribution in [3.63, 3.8) is 0 Å². The van der Waals surface area contributed by atoms with Gasteiger partial charge in [-0.15, -0.1) is 0 Å². The van der Waals surface area contributed by atoms with Gasteiger partial charge in [-0.05, 0) is 31.5 Å². The fourth-order valence-corrected chi connectivity index (χ4v) is 3.09. The van der Waals surface area contributed by atoms with Gasteiger partial charge in [0.15, 0.2) is 0 Å². The number of pyridine rings is 1. The summed E-state index contributed by atoms with van der Waals surface area (Å²) in [6.45, 7) is 3.97. The number of aromatic nitrogens is 3. The molecule has 1 amide bonds. The average Bonchev–Trinajstić information content (AvgIpc) is 3.16. The van der Waals surface area contributed by atoms with Crippen LogP contribution in [0, 0.1) is 0 Å². The first-order chi connectivity index (χ1) is 11.1. The number of carbonyl (C=O) groups is 1. The number of rotatable bonds is 5. The standard InChI is InChI=1S/C17H23N5O/c1-13(23)19-9-14-5-3-6-16(20-14)17-7-4-8-22(17)11-15-10-18-12-21(15)2/h3,5-6,10,12,17H,4,7-9,11H2,1-2H3,(H,19,23)/t17-/m0/s1. The molecule has 122 valence electrons. The molecule has 0 unspecified atom stereocenters. The number of hydrogen-bond donors (Lipinski definition) is 1. The third kappa shape index (κ3) is 3.76. The highest BCUT2D eigenvalue weighted by molar-refractivity contribution is 5.72. The van der Waals surface area contributed by atoms with Gasteiger partial charge in [0.25, 0.3) is 0 Å². The lowest BCUT2D eigenvalue weighted by Crippen LogP contribution is -2.25.